The second kappa shape index (κ2) is 3.66. The van der Waals surface area contributed by atoms with Crippen molar-refractivity contribution < 1.29 is 9.90 Å². The first-order valence-corrected chi connectivity index (χ1v) is 4.96. The minimum atomic E-state index is -1.04. The molecule has 76 valence electrons. The molecule has 0 bridgehead atoms. The number of carboxylic acids is 1. The Labute approximate surface area is 79.3 Å². The van der Waals surface area contributed by atoms with Crippen molar-refractivity contribution in [3.05, 3.63) is 0 Å². The second-order valence-corrected chi connectivity index (χ2v) is 4.58. The van der Waals surface area contributed by atoms with E-state index in [4.69, 9.17) is 10.8 Å². The summed E-state index contributed by atoms with van der Waals surface area (Å²) in [7, 11) is 0. The van der Waals surface area contributed by atoms with Crippen LogP contribution < -0.4 is 5.73 Å². The Balaban J connectivity index is 2.27. The Morgan fingerprint density at radius 3 is 2.62 bits per heavy atom. The van der Waals surface area contributed by atoms with Gasteiger partial charge in [0.2, 0.25) is 0 Å². The van der Waals surface area contributed by atoms with Crippen molar-refractivity contribution in [1.29, 1.82) is 0 Å². The molecule has 2 atom stereocenters. The highest BCUT2D eigenvalue weighted by molar-refractivity contribution is 5.77. The lowest BCUT2D eigenvalue weighted by Crippen LogP contribution is -2.45. The van der Waals surface area contributed by atoms with Gasteiger partial charge in [0.1, 0.15) is 5.54 Å². The largest absolute Gasteiger partial charge is 0.480 e. The number of carboxylic acid groups (broad SMARTS) is 1. The van der Waals surface area contributed by atoms with E-state index in [1.807, 2.05) is 0 Å². The van der Waals surface area contributed by atoms with E-state index in [0.717, 1.165) is 12.3 Å². The number of hydrogen-bond acceptors (Lipinski definition) is 2. The molecule has 0 radical (unpaired) electrons. The number of rotatable bonds is 5. The minimum absolute atomic E-state index is 0.583. The minimum Gasteiger partial charge on any atom is -0.480 e. The third-order valence-electron chi connectivity index (χ3n) is 3.03. The maximum atomic E-state index is 10.7. The number of hydrogen-bond donors (Lipinski definition) is 2. The fraction of sp³-hybridized carbons (Fsp3) is 0.900. The van der Waals surface area contributed by atoms with Crippen LogP contribution in [0.25, 0.3) is 0 Å². The average molecular weight is 185 g/mol. The summed E-state index contributed by atoms with van der Waals surface area (Å²) in [5.41, 5.74) is 4.59. The standard InChI is InChI=1S/C10H19NO2/c1-7(8-3-4-8)5-6-10(2,11)9(12)13/h7-8H,3-6,11H2,1-2H3,(H,12,13). The van der Waals surface area contributed by atoms with E-state index in [-0.39, 0.29) is 0 Å². The molecule has 1 aliphatic rings. The maximum absolute atomic E-state index is 10.7. The Morgan fingerprint density at radius 1 is 1.69 bits per heavy atom. The lowest BCUT2D eigenvalue weighted by atomic mass is 9.90. The van der Waals surface area contributed by atoms with Crippen LogP contribution in [-0.4, -0.2) is 16.6 Å². The van der Waals surface area contributed by atoms with Gasteiger partial charge >= 0.3 is 5.97 Å². The Hall–Kier alpha value is -0.570. The van der Waals surface area contributed by atoms with Gasteiger partial charge in [0.15, 0.2) is 0 Å². The predicted octanol–water partition coefficient (Wildman–Crippen LogP) is 1.61. The SMILES string of the molecule is CC(CCC(C)(N)C(=O)O)C1CC1. The van der Waals surface area contributed by atoms with E-state index < -0.39 is 11.5 Å². The van der Waals surface area contributed by atoms with Crippen LogP contribution in [0.1, 0.15) is 39.5 Å². The molecular formula is C10H19NO2. The molecule has 3 heteroatoms. The monoisotopic (exact) mass is 185 g/mol. The van der Waals surface area contributed by atoms with E-state index in [2.05, 4.69) is 6.92 Å². The van der Waals surface area contributed by atoms with Gasteiger partial charge in [-0.2, -0.15) is 0 Å². The summed E-state index contributed by atoms with van der Waals surface area (Å²) >= 11 is 0. The first-order valence-electron chi connectivity index (χ1n) is 4.96. The summed E-state index contributed by atoms with van der Waals surface area (Å²) in [5, 5.41) is 8.78. The van der Waals surface area contributed by atoms with Crippen LogP contribution in [0.15, 0.2) is 0 Å². The van der Waals surface area contributed by atoms with Gasteiger partial charge in [-0.25, -0.2) is 0 Å². The highest BCUT2D eigenvalue weighted by atomic mass is 16.4. The Morgan fingerprint density at radius 2 is 2.23 bits per heavy atom. The second-order valence-electron chi connectivity index (χ2n) is 4.58. The van der Waals surface area contributed by atoms with Gasteiger partial charge in [0.05, 0.1) is 0 Å². The van der Waals surface area contributed by atoms with Crippen molar-refractivity contribution in [3.63, 3.8) is 0 Å². The molecule has 0 heterocycles. The Bertz CT molecular complexity index is 197. The summed E-state index contributed by atoms with van der Waals surface area (Å²) in [6.45, 7) is 3.78. The van der Waals surface area contributed by atoms with Crippen LogP contribution >= 0.6 is 0 Å². The first-order chi connectivity index (χ1) is 5.93. The molecule has 0 spiro atoms. The summed E-state index contributed by atoms with van der Waals surface area (Å²) in [5.74, 6) is 0.585. The highest BCUT2D eigenvalue weighted by Gasteiger charge is 2.32. The van der Waals surface area contributed by atoms with E-state index in [9.17, 15) is 4.79 Å². The van der Waals surface area contributed by atoms with Crippen molar-refractivity contribution in [3.8, 4) is 0 Å². The molecule has 0 aromatic carbocycles. The normalized spacial score (nSPS) is 23.6. The average Bonchev–Trinajstić information content (AvgIpc) is 2.82. The number of aliphatic carboxylic acids is 1. The first kappa shape index (κ1) is 10.5. The van der Waals surface area contributed by atoms with Crippen molar-refractivity contribution in [2.24, 2.45) is 17.6 Å². The molecule has 0 saturated heterocycles. The summed E-state index contributed by atoms with van der Waals surface area (Å²) in [4.78, 5) is 10.7. The lowest BCUT2D eigenvalue weighted by molar-refractivity contribution is -0.143. The zero-order valence-corrected chi connectivity index (χ0v) is 8.42. The molecule has 13 heavy (non-hydrogen) atoms. The van der Waals surface area contributed by atoms with Crippen molar-refractivity contribution >= 4 is 5.97 Å². The van der Waals surface area contributed by atoms with Crippen LogP contribution in [0.5, 0.6) is 0 Å². The van der Waals surface area contributed by atoms with Crippen LogP contribution in [0.3, 0.4) is 0 Å². The Kier molecular flexibility index (Phi) is 2.96. The van der Waals surface area contributed by atoms with Gasteiger partial charge in [-0.3, -0.25) is 4.79 Å². The van der Waals surface area contributed by atoms with Crippen LogP contribution in [-0.2, 0) is 4.79 Å². The molecule has 0 aliphatic heterocycles. The van der Waals surface area contributed by atoms with E-state index in [0.29, 0.717) is 12.3 Å². The lowest BCUT2D eigenvalue weighted by Gasteiger charge is -2.21. The number of nitrogens with two attached hydrogens (primary N) is 1. The molecule has 1 saturated carbocycles. The molecule has 3 N–H and O–H groups in total. The highest BCUT2D eigenvalue weighted by Crippen LogP contribution is 2.39. The molecule has 1 rings (SSSR count). The molecular weight excluding hydrogens is 166 g/mol. The van der Waals surface area contributed by atoms with Crippen LogP contribution in [0.2, 0.25) is 0 Å². The maximum Gasteiger partial charge on any atom is 0.323 e. The zero-order valence-electron chi connectivity index (χ0n) is 8.42. The van der Waals surface area contributed by atoms with Crippen molar-refractivity contribution in [2.75, 3.05) is 0 Å². The van der Waals surface area contributed by atoms with Crippen molar-refractivity contribution in [2.45, 2.75) is 45.1 Å². The molecule has 2 unspecified atom stereocenters. The van der Waals surface area contributed by atoms with Crippen LogP contribution in [0, 0.1) is 11.8 Å². The number of carbonyl (C=O) groups is 1. The van der Waals surface area contributed by atoms with E-state index >= 15 is 0 Å². The van der Waals surface area contributed by atoms with Crippen LogP contribution in [0.4, 0.5) is 0 Å². The van der Waals surface area contributed by atoms with E-state index in [1.54, 1.807) is 6.92 Å². The van der Waals surface area contributed by atoms with E-state index in [1.165, 1.54) is 12.8 Å². The molecule has 0 amide bonds. The smallest absolute Gasteiger partial charge is 0.323 e. The van der Waals surface area contributed by atoms with Gasteiger partial charge in [0.25, 0.3) is 0 Å². The quantitative estimate of drug-likeness (QED) is 0.684. The third-order valence-corrected chi connectivity index (χ3v) is 3.03. The van der Waals surface area contributed by atoms with Gasteiger partial charge in [-0.15, -0.1) is 0 Å². The molecule has 1 fully saturated rings. The fourth-order valence-electron chi connectivity index (χ4n) is 1.54. The van der Waals surface area contributed by atoms with Gasteiger partial charge in [-0.05, 0) is 44.4 Å². The molecule has 1 aliphatic carbocycles. The van der Waals surface area contributed by atoms with Gasteiger partial charge in [-0.1, -0.05) is 6.92 Å². The van der Waals surface area contributed by atoms with Crippen molar-refractivity contribution in [1.82, 2.24) is 0 Å². The third kappa shape index (κ3) is 2.99. The predicted molar refractivity (Wildman–Crippen MR) is 51.4 cm³/mol. The topological polar surface area (TPSA) is 63.3 Å². The van der Waals surface area contributed by atoms with Gasteiger partial charge in [0, 0.05) is 0 Å². The summed E-state index contributed by atoms with van der Waals surface area (Å²) < 4.78 is 0. The molecule has 0 aromatic rings. The summed E-state index contributed by atoms with van der Waals surface area (Å²) in [6, 6.07) is 0. The molecule has 0 aromatic heterocycles. The fourth-order valence-corrected chi connectivity index (χ4v) is 1.54. The zero-order chi connectivity index (χ0) is 10.1. The van der Waals surface area contributed by atoms with Gasteiger partial charge < -0.3 is 10.8 Å². The summed E-state index contributed by atoms with van der Waals surface area (Å²) in [6.07, 6.45) is 4.15. The molecule has 3 nitrogen and oxygen atoms in total.